The Kier molecular flexibility index (Phi) is 5.87. The quantitative estimate of drug-likeness (QED) is 0.429. The molecule has 30 heavy (non-hydrogen) atoms. The summed E-state index contributed by atoms with van der Waals surface area (Å²) in [4.78, 5) is 12.3. The predicted octanol–water partition coefficient (Wildman–Crippen LogP) is 4.92. The van der Waals surface area contributed by atoms with Gasteiger partial charge < -0.3 is 9.84 Å². The summed E-state index contributed by atoms with van der Waals surface area (Å²) in [5.41, 5.74) is 2.93. The van der Waals surface area contributed by atoms with Gasteiger partial charge in [0, 0.05) is 22.3 Å². The van der Waals surface area contributed by atoms with Gasteiger partial charge in [-0.1, -0.05) is 46.2 Å². The standard InChI is InChI=1S/C21H18ClN5O2S/c1-13-3-9-17(10-4-13)27-20(15-5-7-16(22)8-6-15)24-25-21(27)30-12-19(28)23-18-11-14(2)29-26-18/h3-11H,12H2,1-2H3,(H,23,26,28). The van der Waals surface area contributed by atoms with Gasteiger partial charge >= 0.3 is 0 Å². The zero-order valence-corrected chi connectivity index (χ0v) is 17.9. The summed E-state index contributed by atoms with van der Waals surface area (Å²) < 4.78 is 6.90. The number of aromatic nitrogens is 4. The molecule has 0 radical (unpaired) electrons. The zero-order valence-electron chi connectivity index (χ0n) is 16.3. The first-order valence-electron chi connectivity index (χ1n) is 9.14. The lowest BCUT2D eigenvalue weighted by molar-refractivity contribution is -0.113. The number of hydrogen-bond donors (Lipinski definition) is 1. The van der Waals surface area contributed by atoms with E-state index >= 15 is 0 Å². The Hall–Kier alpha value is -3.10. The van der Waals surface area contributed by atoms with E-state index in [0.717, 1.165) is 16.8 Å². The van der Waals surface area contributed by atoms with Gasteiger partial charge in [0.1, 0.15) is 5.76 Å². The van der Waals surface area contributed by atoms with Crippen LogP contribution in [0.5, 0.6) is 0 Å². The second kappa shape index (κ2) is 8.73. The van der Waals surface area contributed by atoms with Gasteiger partial charge in [0.25, 0.3) is 0 Å². The van der Waals surface area contributed by atoms with E-state index in [9.17, 15) is 4.79 Å². The molecular weight excluding hydrogens is 422 g/mol. The van der Waals surface area contributed by atoms with Gasteiger partial charge in [0.15, 0.2) is 16.8 Å². The smallest absolute Gasteiger partial charge is 0.236 e. The Balaban J connectivity index is 1.61. The molecule has 2 aromatic carbocycles. The summed E-state index contributed by atoms with van der Waals surface area (Å²) in [6.07, 6.45) is 0. The monoisotopic (exact) mass is 439 g/mol. The summed E-state index contributed by atoms with van der Waals surface area (Å²) in [5, 5.41) is 16.4. The Morgan fingerprint density at radius 2 is 1.83 bits per heavy atom. The third-order valence-corrected chi connectivity index (χ3v) is 5.44. The Morgan fingerprint density at radius 3 is 2.50 bits per heavy atom. The molecule has 2 heterocycles. The van der Waals surface area contributed by atoms with Crippen LogP contribution >= 0.6 is 23.4 Å². The van der Waals surface area contributed by atoms with Gasteiger partial charge in [-0.25, -0.2) is 0 Å². The van der Waals surface area contributed by atoms with E-state index < -0.39 is 0 Å². The minimum atomic E-state index is -0.209. The first-order valence-corrected chi connectivity index (χ1v) is 10.5. The van der Waals surface area contributed by atoms with E-state index in [1.54, 1.807) is 13.0 Å². The summed E-state index contributed by atoms with van der Waals surface area (Å²) in [7, 11) is 0. The number of rotatable bonds is 6. The highest BCUT2D eigenvalue weighted by Crippen LogP contribution is 2.29. The van der Waals surface area contributed by atoms with Crippen molar-refractivity contribution in [3.63, 3.8) is 0 Å². The second-order valence-corrected chi connectivity index (χ2v) is 8.02. The highest BCUT2D eigenvalue weighted by atomic mass is 35.5. The van der Waals surface area contributed by atoms with Crippen molar-refractivity contribution in [2.24, 2.45) is 0 Å². The summed E-state index contributed by atoms with van der Waals surface area (Å²) in [6, 6.07) is 17.1. The third-order valence-electron chi connectivity index (χ3n) is 4.26. The average Bonchev–Trinajstić information content (AvgIpc) is 3.34. The zero-order chi connectivity index (χ0) is 21.1. The lowest BCUT2D eigenvalue weighted by Gasteiger charge is -2.11. The summed E-state index contributed by atoms with van der Waals surface area (Å²) >= 11 is 7.32. The first kappa shape index (κ1) is 20.2. The number of anilines is 1. The van der Waals surface area contributed by atoms with Crippen LogP contribution in [0.2, 0.25) is 5.02 Å². The Labute approximate surface area is 182 Å². The maximum Gasteiger partial charge on any atom is 0.236 e. The number of benzene rings is 2. The largest absolute Gasteiger partial charge is 0.360 e. The molecule has 4 aromatic rings. The predicted molar refractivity (Wildman–Crippen MR) is 117 cm³/mol. The van der Waals surface area contributed by atoms with Crippen LogP contribution in [0.15, 0.2) is 64.3 Å². The number of halogens is 1. The normalized spacial score (nSPS) is 10.9. The molecule has 4 rings (SSSR count). The number of nitrogens with one attached hydrogen (secondary N) is 1. The van der Waals surface area contributed by atoms with E-state index in [4.69, 9.17) is 16.1 Å². The van der Waals surface area contributed by atoms with Crippen molar-refractivity contribution >= 4 is 35.1 Å². The molecular formula is C21H18ClN5O2S. The molecule has 0 saturated heterocycles. The van der Waals surface area contributed by atoms with E-state index in [0.29, 0.717) is 27.6 Å². The Bertz CT molecular complexity index is 1170. The van der Waals surface area contributed by atoms with Crippen LogP contribution in [0.25, 0.3) is 17.1 Å². The van der Waals surface area contributed by atoms with Crippen LogP contribution in [0.3, 0.4) is 0 Å². The molecule has 0 atom stereocenters. The molecule has 0 fully saturated rings. The highest BCUT2D eigenvalue weighted by molar-refractivity contribution is 7.99. The fourth-order valence-corrected chi connectivity index (χ4v) is 3.69. The van der Waals surface area contributed by atoms with Gasteiger partial charge in [0.2, 0.25) is 5.91 Å². The van der Waals surface area contributed by atoms with E-state index in [1.807, 2.05) is 60.0 Å². The lowest BCUT2D eigenvalue weighted by Crippen LogP contribution is -2.14. The Morgan fingerprint density at radius 1 is 1.10 bits per heavy atom. The second-order valence-electron chi connectivity index (χ2n) is 6.64. The molecule has 0 unspecified atom stereocenters. The average molecular weight is 440 g/mol. The van der Waals surface area contributed by atoms with Crippen molar-refractivity contribution in [3.05, 3.63) is 70.9 Å². The SMILES string of the molecule is Cc1ccc(-n2c(SCC(=O)Nc3cc(C)on3)nnc2-c2ccc(Cl)cc2)cc1. The molecule has 1 amide bonds. The van der Waals surface area contributed by atoms with Crippen molar-refractivity contribution in [1.82, 2.24) is 19.9 Å². The van der Waals surface area contributed by atoms with E-state index in [-0.39, 0.29) is 11.7 Å². The summed E-state index contributed by atoms with van der Waals surface area (Å²) in [6.45, 7) is 3.79. The summed E-state index contributed by atoms with van der Waals surface area (Å²) in [5.74, 6) is 1.63. The van der Waals surface area contributed by atoms with E-state index in [1.165, 1.54) is 11.8 Å². The van der Waals surface area contributed by atoms with Crippen LogP contribution in [0.1, 0.15) is 11.3 Å². The fourth-order valence-electron chi connectivity index (χ4n) is 2.81. The maximum atomic E-state index is 12.3. The van der Waals surface area contributed by atoms with Crippen LogP contribution in [-0.4, -0.2) is 31.6 Å². The molecule has 152 valence electrons. The van der Waals surface area contributed by atoms with Gasteiger partial charge in [-0.15, -0.1) is 10.2 Å². The lowest BCUT2D eigenvalue weighted by atomic mass is 10.2. The van der Waals surface area contributed by atoms with Gasteiger partial charge in [-0.2, -0.15) is 0 Å². The third kappa shape index (κ3) is 4.55. The van der Waals surface area contributed by atoms with Crippen molar-refractivity contribution in [2.75, 3.05) is 11.1 Å². The molecule has 2 aromatic heterocycles. The molecule has 0 aliphatic rings. The number of carbonyl (C=O) groups is 1. The molecule has 1 N–H and O–H groups in total. The van der Waals surface area contributed by atoms with Crippen molar-refractivity contribution < 1.29 is 9.32 Å². The minimum Gasteiger partial charge on any atom is -0.360 e. The number of hydrogen-bond acceptors (Lipinski definition) is 6. The molecule has 0 aliphatic heterocycles. The van der Waals surface area contributed by atoms with E-state index in [2.05, 4.69) is 20.7 Å². The van der Waals surface area contributed by atoms with Crippen LogP contribution in [0.4, 0.5) is 5.82 Å². The van der Waals surface area contributed by atoms with Crippen LogP contribution in [0, 0.1) is 13.8 Å². The molecule has 0 saturated carbocycles. The number of nitrogens with zero attached hydrogens (tertiary/aromatic N) is 4. The van der Waals surface area contributed by atoms with Gasteiger partial charge in [0.05, 0.1) is 5.75 Å². The number of carbonyl (C=O) groups excluding carboxylic acids is 1. The van der Waals surface area contributed by atoms with Crippen molar-refractivity contribution in [2.45, 2.75) is 19.0 Å². The fraction of sp³-hybridized carbons (Fsp3) is 0.143. The number of amides is 1. The van der Waals surface area contributed by atoms with Crippen LogP contribution < -0.4 is 5.32 Å². The molecule has 0 spiro atoms. The number of thioether (sulfide) groups is 1. The molecule has 0 aliphatic carbocycles. The van der Waals surface area contributed by atoms with Gasteiger partial charge in [-0.05, 0) is 50.2 Å². The topological polar surface area (TPSA) is 85.8 Å². The molecule has 7 nitrogen and oxygen atoms in total. The van der Waals surface area contributed by atoms with Gasteiger partial charge in [-0.3, -0.25) is 9.36 Å². The molecule has 0 bridgehead atoms. The van der Waals surface area contributed by atoms with Crippen molar-refractivity contribution in [3.8, 4) is 17.1 Å². The minimum absolute atomic E-state index is 0.149. The van der Waals surface area contributed by atoms with Crippen LogP contribution in [-0.2, 0) is 4.79 Å². The highest BCUT2D eigenvalue weighted by Gasteiger charge is 2.18. The van der Waals surface area contributed by atoms with Crippen molar-refractivity contribution in [1.29, 1.82) is 0 Å². The number of aryl methyl sites for hydroxylation is 2. The first-order chi connectivity index (χ1) is 14.5. The molecule has 9 heteroatoms. The maximum absolute atomic E-state index is 12.3.